The summed E-state index contributed by atoms with van der Waals surface area (Å²) in [5.74, 6) is -0.416. The topological polar surface area (TPSA) is 42.1 Å². The van der Waals surface area contributed by atoms with E-state index in [1.54, 1.807) is 13.0 Å². The lowest BCUT2D eigenvalue weighted by Gasteiger charge is -2.06. The maximum Gasteiger partial charge on any atom is 0.355 e. The van der Waals surface area contributed by atoms with Crippen molar-refractivity contribution in [2.75, 3.05) is 6.61 Å². The molecule has 0 aliphatic rings. The SMILES string of the molecule is Cc1c(C(=O)OCC(C)C)[nH]c2ccc(F)cc12. The predicted molar refractivity (Wildman–Crippen MR) is 68.1 cm³/mol. The normalized spacial score (nSPS) is 11.2. The summed E-state index contributed by atoms with van der Waals surface area (Å²) < 4.78 is 18.3. The molecule has 0 spiro atoms. The van der Waals surface area contributed by atoms with Gasteiger partial charge < -0.3 is 9.72 Å². The lowest BCUT2D eigenvalue weighted by molar-refractivity contribution is 0.0452. The molecular weight excluding hydrogens is 233 g/mol. The number of H-pyrrole nitrogens is 1. The molecule has 0 unspecified atom stereocenters. The maximum absolute atomic E-state index is 13.2. The molecule has 0 amide bonds. The molecule has 4 heteroatoms. The van der Waals surface area contributed by atoms with Crippen LogP contribution in [0.4, 0.5) is 4.39 Å². The standard InChI is InChI=1S/C14H16FNO2/c1-8(2)7-18-14(17)13-9(3)11-6-10(15)4-5-12(11)16-13/h4-6,8,16H,7H2,1-3H3. The van der Waals surface area contributed by atoms with Crippen LogP contribution in [0.5, 0.6) is 0 Å². The zero-order valence-electron chi connectivity index (χ0n) is 10.7. The Morgan fingerprint density at radius 3 is 2.83 bits per heavy atom. The van der Waals surface area contributed by atoms with E-state index in [1.165, 1.54) is 12.1 Å². The molecule has 0 radical (unpaired) electrons. The van der Waals surface area contributed by atoms with E-state index in [1.807, 2.05) is 13.8 Å². The number of nitrogens with one attached hydrogen (secondary N) is 1. The Morgan fingerprint density at radius 2 is 2.17 bits per heavy atom. The third kappa shape index (κ3) is 2.37. The van der Waals surface area contributed by atoms with Crippen molar-refractivity contribution in [3.63, 3.8) is 0 Å². The molecule has 1 aromatic carbocycles. The van der Waals surface area contributed by atoms with Crippen molar-refractivity contribution in [3.05, 3.63) is 35.3 Å². The van der Waals surface area contributed by atoms with Crippen LogP contribution in [0.1, 0.15) is 29.9 Å². The Hall–Kier alpha value is -1.84. The van der Waals surface area contributed by atoms with Crippen molar-refractivity contribution in [3.8, 4) is 0 Å². The Bertz CT molecular complexity index is 587. The van der Waals surface area contributed by atoms with Crippen LogP contribution in [-0.2, 0) is 4.74 Å². The first-order valence-electron chi connectivity index (χ1n) is 5.94. The zero-order chi connectivity index (χ0) is 13.3. The first-order valence-corrected chi connectivity index (χ1v) is 5.94. The summed E-state index contributed by atoms with van der Waals surface area (Å²) in [6, 6.07) is 4.40. The number of esters is 1. The Morgan fingerprint density at radius 1 is 1.44 bits per heavy atom. The van der Waals surface area contributed by atoms with Crippen LogP contribution in [-0.4, -0.2) is 17.6 Å². The molecule has 0 aliphatic heterocycles. The number of ether oxygens (including phenoxy) is 1. The number of carbonyl (C=O) groups is 1. The van der Waals surface area contributed by atoms with Crippen molar-refractivity contribution < 1.29 is 13.9 Å². The molecule has 18 heavy (non-hydrogen) atoms. The number of hydrogen-bond acceptors (Lipinski definition) is 2. The lowest BCUT2D eigenvalue weighted by Crippen LogP contribution is -2.11. The van der Waals surface area contributed by atoms with Gasteiger partial charge in [-0.1, -0.05) is 13.8 Å². The van der Waals surface area contributed by atoms with E-state index in [0.717, 1.165) is 11.1 Å². The number of aromatic nitrogens is 1. The lowest BCUT2D eigenvalue weighted by atomic mass is 10.1. The van der Waals surface area contributed by atoms with Gasteiger partial charge in [-0.2, -0.15) is 0 Å². The first-order chi connectivity index (χ1) is 8.49. The van der Waals surface area contributed by atoms with Gasteiger partial charge in [-0.15, -0.1) is 0 Å². The van der Waals surface area contributed by atoms with Gasteiger partial charge in [0.05, 0.1) is 6.61 Å². The number of fused-ring (bicyclic) bond motifs is 1. The number of aromatic amines is 1. The molecule has 0 saturated carbocycles. The molecule has 2 aromatic rings. The van der Waals surface area contributed by atoms with Gasteiger partial charge in [0, 0.05) is 10.9 Å². The molecule has 3 nitrogen and oxygen atoms in total. The number of rotatable bonds is 3. The van der Waals surface area contributed by atoms with Crippen LogP contribution in [0.15, 0.2) is 18.2 Å². The summed E-state index contributed by atoms with van der Waals surface area (Å²) in [6.45, 7) is 6.10. The van der Waals surface area contributed by atoms with Gasteiger partial charge in [0.1, 0.15) is 11.5 Å². The van der Waals surface area contributed by atoms with Crippen molar-refractivity contribution in [1.82, 2.24) is 4.98 Å². The molecule has 0 fully saturated rings. The predicted octanol–water partition coefficient (Wildman–Crippen LogP) is 3.43. The minimum absolute atomic E-state index is 0.288. The van der Waals surface area contributed by atoms with E-state index in [4.69, 9.17) is 4.74 Å². The van der Waals surface area contributed by atoms with Crippen molar-refractivity contribution in [2.45, 2.75) is 20.8 Å². The fourth-order valence-corrected chi connectivity index (χ4v) is 1.82. The summed E-state index contributed by atoms with van der Waals surface area (Å²) in [5, 5.41) is 0.714. The number of benzene rings is 1. The van der Waals surface area contributed by atoms with Crippen molar-refractivity contribution >= 4 is 16.9 Å². The van der Waals surface area contributed by atoms with Gasteiger partial charge in [-0.3, -0.25) is 0 Å². The molecule has 1 aromatic heterocycles. The van der Waals surface area contributed by atoms with E-state index in [0.29, 0.717) is 17.7 Å². The van der Waals surface area contributed by atoms with Crippen LogP contribution in [0.2, 0.25) is 0 Å². The van der Waals surface area contributed by atoms with E-state index in [-0.39, 0.29) is 11.7 Å². The summed E-state index contributed by atoms with van der Waals surface area (Å²) in [5.41, 5.74) is 1.86. The van der Waals surface area contributed by atoms with Gasteiger partial charge in [-0.05, 0) is 36.6 Å². The minimum atomic E-state index is -0.391. The summed E-state index contributed by atoms with van der Waals surface area (Å²) in [7, 11) is 0. The molecule has 0 atom stereocenters. The minimum Gasteiger partial charge on any atom is -0.461 e. The van der Waals surface area contributed by atoms with Crippen LogP contribution < -0.4 is 0 Å². The molecular formula is C14H16FNO2. The molecule has 1 N–H and O–H groups in total. The number of aryl methyl sites for hydroxylation is 1. The average molecular weight is 249 g/mol. The molecule has 0 saturated heterocycles. The van der Waals surface area contributed by atoms with E-state index < -0.39 is 5.97 Å². The van der Waals surface area contributed by atoms with Gasteiger partial charge in [0.2, 0.25) is 0 Å². The third-order valence-corrected chi connectivity index (χ3v) is 2.77. The summed E-state index contributed by atoms with van der Waals surface area (Å²) in [4.78, 5) is 14.9. The van der Waals surface area contributed by atoms with Gasteiger partial charge in [0.15, 0.2) is 0 Å². The second kappa shape index (κ2) is 4.80. The van der Waals surface area contributed by atoms with Crippen LogP contribution in [0, 0.1) is 18.7 Å². The zero-order valence-corrected chi connectivity index (χ0v) is 10.7. The number of carbonyl (C=O) groups excluding carboxylic acids is 1. The summed E-state index contributed by atoms with van der Waals surface area (Å²) in [6.07, 6.45) is 0. The Labute approximate surface area is 105 Å². The fraction of sp³-hybridized carbons (Fsp3) is 0.357. The summed E-state index contributed by atoms with van der Waals surface area (Å²) >= 11 is 0. The van der Waals surface area contributed by atoms with E-state index in [9.17, 15) is 9.18 Å². The highest BCUT2D eigenvalue weighted by atomic mass is 19.1. The smallest absolute Gasteiger partial charge is 0.355 e. The number of hydrogen-bond donors (Lipinski definition) is 1. The maximum atomic E-state index is 13.2. The van der Waals surface area contributed by atoms with Crippen LogP contribution in [0.3, 0.4) is 0 Å². The second-order valence-electron chi connectivity index (χ2n) is 4.81. The highest BCUT2D eigenvalue weighted by Gasteiger charge is 2.16. The first kappa shape index (κ1) is 12.6. The number of halogens is 1. The fourth-order valence-electron chi connectivity index (χ4n) is 1.82. The van der Waals surface area contributed by atoms with E-state index >= 15 is 0 Å². The highest BCUT2D eigenvalue weighted by Crippen LogP contribution is 2.23. The van der Waals surface area contributed by atoms with Crippen molar-refractivity contribution in [2.24, 2.45) is 5.92 Å². The molecule has 1 heterocycles. The van der Waals surface area contributed by atoms with Crippen molar-refractivity contribution in [1.29, 1.82) is 0 Å². The average Bonchev–Trinajstić information content (AvgIpc) is 2.64. The van der Waals surface area contributed by atoms with Crippen LogP contribution >= 0.6 is 0 Å². The quantitative estimate of drug-likeness (QED) is 0.847. The Balaban J connectivity index is 2.34. The largest absolute Gasteiger partial charge is 0.461 e. The molecule has 0 aliphatic carbocycles. The monoisotopic (exact) mass is 249 g/mol. The third-order valence-electron chi connectivity index (χ3n) is 2.77. The van der Waals surface area contributed by atoms with Crippen LogP contribution in [0.25, 0.3) is 10.9 Å². The highest BCUT2D eigenvalue weighted by molar-refractivity contribution is 5.98. The Kier molecular flexibility index (Phi) is 3.36. The molecule has 2 rings (SSSR count). The molecule has 0 bridgehead atoms. The molecule has 96 valence electrons. The van der Waals surface area contributed by atoms with E-state index in [2.05, 4.69) is 4.98 Å². The van der Waals surface area contributed by atoms with Gasteiger partial charge in [-0.25, -0.2) is 9.18 Å². The van der Waals surface area contributed by atoms with Gasteiger partial charge >= 0.3 is 5.97 Å². The van der Waals surface area contributed by atoms with Gasteiger partial charge in [0.25, 0.3) is 0 Å². The second-order valence-corrected chi connectivity index (χ2v) is 4.81.